The van der Waals surface area contributed by atoms with Gasteiger partial charge in [0, 0.05) is 30.9 Å². The lowest BCUT2D eigenvalue weighted by Gasteiger charge is -2.20. The van der Waals surface area contributed by atoms with Gasteiger partial charge in [-0.25, -0.2) is 4.98 Å². The summed E-state index contributed by atoms with van der Waals surface area (Å²) in [4.78, 5) is 17.3. The first-order valence-corrected chi connectivity index (χ1v) is 7.22. The maximum Gasteiger partial charge on any atom is 0.417 e. The third kappa shape index (κ3) is 3.97. The number of nitrogens with zero attached hydrogens (tertiary/aromatic N) is 2. The van der Waals surface area contributed by atoms with Gasteiger partial charge in [-0.2, -0.15) is 13.2 Å². The van der Waals surface area contributed by atoms with Gasteiger partial charge in [0.25, 0.3) is 5.91 Å². The molecule has 0 radical (unpaired) electrons. The van der Waals surface area contributed by atoms with E-state index in [1.54, 1.807) is 24.3 Å². The first-order chi connectivity index (χ1) is 11.2. The lowest BCUT2D eigenvalue weighted by atomic mass is 10.1. The largest absolute Gasteiger partial charge is 0.481 e. The first-order valence-electron chi connectivity index (χ1n) is 6.84. The Bertz CT molecular complexity index is 750. The number of carbonyl (C=O) groups excluding carboxylic acids is 1. The van der Waals surface area contributed by atoms with E-state index >= 15 is 0 Å². The van der Waals surface area contributed by atoms with Gasteiger partial charge in [-0.1, -0.05) is 29.8 Å². The third-order valence-electron chi connectivity index (χ3n) is 3.34. The van der Waals surface area contributed by atoms with Crippen LogP contribution < -0.4 is 4.74 Å². The van der Waals surface area contributed by atoms with Gasteiger partial charge in [0.15, 0.2) is 0 Å². The number of benzene rings is 1. The van der Waals surface area contributed by atoms with Crippen LogP contribution in [0.2, 0.25) is 5.02 Å². The highest BCUT2D eigenvalue weighted by Gasteiger charge is 2.37. The molecule has 8 heteroatoms. The van der Waals surface area contributed by atoms with Crippen molar-refractivity contribution in [1.29, 1.82) is 0 Å². The summed E-state index contributed by atoms with van der Waals surface area (Å²) in [6, 6.07) is 7.50. The lowest BCUT2D eigenvalue weighted by Crippen LogP contribution is -2.29. The monoisotopic (exact) mass is 358 g/mol. The Morgan fingerprint density at radius 1 is 1.33 bits per heavy atom. The summed E-state index contributed by atoms with van der Waals surface area (Å²) in [5.41, 5.74) is -1.01. The van der Waals surface area contributed by atoms with Crippen molar-refractivity contribution < 1.29 is 22.7 Å². The first kappa shape index (κ1) is 18.1. The van der Waals surface area contributed by atoms with E-state index in [1.165, 1.54) is 14.2 Å². The normalized spacial score (nSPS) is 11.2. The fourth-order valence-corrected chi connectivity index (χ4v) is 2.31. The molecule has 0 aliphatic heterocycles. The van der Waals surface area contributed by atoms with Gasteiger partial charge >= 0.3 is 6.18 Å². The van der Waals surface area contributed by atoms with Crippen molar-refractivity contribution in [1.82, 2.24) is 9.88 Å². The minimum absolute atomic E-state index is 0.0713. The minimum Gasteiger partial charge on any atom is -0.481 e. The number of halogens is 4. The SMILES string of the molecule is COc1cc(C(F)(F)F)c(C(=O)N(C)Cc2ccccc2Cl)cn1. The van der Waals surface area contributed by atoms with Gasteiger partial charge < -0.3 is 9.64 Å². The Balaban J connectivity index is 2.33. The summed E-state index contributed by atoms with van der Waals surface area (Å²) in [6.45, 7) is 0.0713. The molecule has 2 rings (SSSR count). The van der Waals surface area contributed by atoms with E-state index in [2.05, 4.69) is 4.98 Å². The number of amides is 1. The number of hydrogen-bond donors (Lipinski definition) is 0. The van der Waals surface area contributed by atoms with E-state index in [0.29, 0.717) is 16.7 Å². The standard InChI is InChI=1S/C16H14ClF3N2O2/c1-22(9-10-5-3-4-6-13(10)17)15(23)11-8-21-14(24-2)7-12(11)16(18,19)20/h3-8H,9H2,1-2H3. The Labute approximate surface area is 141 Å². The zero-order chi connectivity index (χ0) is 17.9. The highest BCUT2D eigenvalue weighted by Crippen LogP contribution is 2.34. The number of pyridine rings is 1. The number of hydrogen-bond acceptors (Lipinski definition) is 3. The molecule has 0 spiro atoms. The summed E-state index contributed by atoms with van der Waals surface area (Å²) in [5.74, 6) is -1.02. The van der Waals surface area contributed by atoms with Crippen molar-refractivity contribution in [3.05, 3.63) is 58.2 Å². The predicted molar refractivity (Wildman–Crippen MR) is 83.0 cm³/mol. The fraction of sp³-hybridized carbons (Fsp3) is 0.250. The maximum absolute atomic E-state index is 13.2. The number of aromatic nitrogens is 1. The molecular formula is C16H14ClF3N2O2. The molecule has 0 N–H and O–H groups in total. The second kappa shape index (κ2) is 7.09. The number of alkyl halides is 3. The molecule has 0 atom stereocenters. The minimum atomic E-state index is -4.70. The van der Waals surface area contributed by atoms with E-state index in [4.69, 9.17) is 16.3 Å². The number of rotatable bonds is 4. The molecule has 0 aliphatic rings. The zero-order valence-electron chi connectivity index (χ0n) is 12.9. The average molecular weight is 359 g/mol. The Morgan fingerprint density at radius 3 is 2.58 bits per heavy atom. The van der Waals surface area contributed by atoms with E-state index in [-0.39, 0.29) is 12.4 Å². The summed E-state index contributed by atoms with van der Waals surface area (Å²) >= 11 is 6.02. The van der Waals surface area contributed by atoms with Crippen molar-refractivity contribution in [2.45, 2.75) is 12.7 Å². The lowest BCUT2D eigenvalue weighted by molar-refractivity contribution is -0.138. The molecule has 2 aromatic rings. The molecule has 0 saturated carbocycles. The van der Waals surface area contributed by atoms with Gasteiger partial charge in [-0.05, 0) is 11.6 Å². The summed E-state index contributed by atoms with van der Waals surface area (Å²) in [7, 11) is 2.60. The second-order valence-electron chi connectivity index (χ2n) is 5.02. The molecule has 0 bridgehead atoms. The molecule has 1 aromatic carbocycles. The van der Waals surface area contributed by atoms with E-state index in [1.807, 2.05) is 0 Å². The van der Waals surface area contributed by atoms with Crippen molar-refractivity contribution in [3.63, 3.8) is 0 Å². The van der Waals surface area contributed by atoms with Crippen molar-refractivity contribution in [2.24, 2.45) is 0 Å². The molecule has 1 heterocycles. The molecule has 1 aromatic heterocycles. The van der Waals surface area contributed by atoms with Crippen molar-refractivity contribution >= 4 is 17.5 Å². The van der Waals surface area contributed by atoms with Crippen molar-refractivity contribution in [3.8, 4) is 5.88 Å². The van der Waals surface area contributed by atoms with Crippen LogP contribution in [0.3, 0.4) is 0 Å². The van der Waals surface area contributed by atoms with Crippen LogP contribution >= 0.6 is 11.6 Å². The summed E-state index contributed by atoms with van der Waals surface area (Å²) in [5, 5.41) is 0.432. The van der Waals surface area contributed by atoms with E-state index < -0.39 is 23.2 Å². The number of ether oxygens (including phenoxy) is 1. The molecule has 4 nitrogen and oxygen atoms in total. The van der Waals surface area contributed by atoms with Gasteiger partial charge in [0.2, 0.25) is 5.88 Å². The van der Waals surface area contributed by atoms with E-state index in [9.17, 15) is 18.0 Å². The molecular weight excluding hydrogens is 345 g/mol. The highest BCUT2D eigenvalue weighted by molar-refractivity contribution is 6.31. The molecule has 128 valence electrons. The molecule has 0 fully saturated rings. The van der Waals surface area contributed by atoms with Gasteiger partial charge in [-0.3, -0.25) is 4.79 Å². The van der Waals surface area contributed by atoms with Crippen LogP contribution in [-0.2, 0) is 12.7 Å². The summed E-state index contributed by atoms with van der Waals surface area (Å²) < 4.78 is 44.3. The second-order valence-corrected chi connectivity index (χ2v) is 5.43. The fourth-order valence-electron chi connectivity index (χ4n) is 2.11. The quantitative estimate of drug-likeness (QED) is 0.828. The Kier molecular flexibility index (Phi) is 5.33. The molecule has 0 saturated heterocycles. The van der Waals surface area contributed by atoms with Crippen LogP contribution in [0.5, 0.6) is 5.88 Å². The molecule has 1 amide bonds. The van der Waals surface area contributed by atoms with Gasteiger partial charge in [-0.15, -0.1) is 0 Å². The molecule has 0 unspecified atom stereocenters. The van der Waals surface area contributed by atoms with Crippen LogP contribution in [0.15, 0.2) is 36.5 Å². The predicted octanol–water partition coefficient (Wildman–Crippen LogP) is 4.03. The molecule has 0 aliphatic carbocycles. The van der Waals surface area contributed by atoms with Gasteiger partial charge in [0.1, 0.15) is 0 Å². The van der Waals surface area contributed by atoms with Crippen molar-refractivity contribution in [2.75, 3.05) is 14.2 Å². The van der Waals surface area contributed by atoms with Crippen LogP contribution in [0, 0.1) is 0 Å². The van der Waals surface area contributed by atoms with Crippen LogP contribution in [0.25, 0.3) is 0 Å². The average Bonchev–Trinajstić information content (AvgIpc) is 2.54. The van der Waals surface area contributed by atoms with Crippen LogP contribution in [-0.4, -0.2) is 29.9 Å². The smallest absolute Gasteiger partial charge is 0.417 e. The number of methoxy groups -OCH3 is 1. The maximum atomic E-state index is 13.2. The Morgan fingerprint density at radius 2 is 2.00 bits per heavy atom. The highest BCUT2D eigenvalue weighted by atomic mass is 35.5. The summed E-state index contributed by atoms with van der Waals surface area (Å²) in [6.07, 6.45) is -3.83. The topological polar surface area (TPSA) is 42.4 Å². The Hall–Kier alpha value is -2.28. The molecule has 24 heavy (non-hydrogen) atoms. The van der Waals surface area contributed by atoms with Crippen LogP contribution in [0.1, 0.15) is 21.5 Å². The third-order valence-corrected chi connectivity index (χ3v) is 3.70. The van der Waals surface area contributed by atoms with Gasteiger partial charge in [0.05, 0.1) is 18.2 Å². The zero-order valence-corrected chi connectivity index (χ0v) is 13.6. The van der Waals surface area contributed by atoms with Crippen LogP contribution in [0.4, 0.5) is 13.2 Å². The van der Waals surface area contributed by atoms with E-state index in [0.717, 1.165) is 11.1 Å². The number of carbonyl (C=O) groups is 1.